The van der Waals surface area contributed by atoms with Crippen LogP contribution < -0.4 is 0 Å². The van der Waals surface area contributed by atoms with Crippen LogP contribution in [0.25, 0.3) is 0 Å². The van der Waals surface area contributed by atoms with Crippen LogP contribution in [0.1, 0.15) is 226 Å². The van der Waals surface area contributed by atoms with Gasteiger partial charge in [0.15, 0.2) is 6.10 Å². The second-order valence-electron chi connectivity index (χ2n) is 20.8. The largest absolute Gasteiger partial charge is 0.472 e. The van der Waals surface area contributed by atoms with Gasteiger partial charge in [-0.05, 0) is 122 Å². The normalized spacial score (nSPS) is 15.1. The summed E-state index contributed by atoms with van der Waals surface area (Å²) in [6, 6.07) is 0. The Morgan fingerprint density at radius 1 is 0.341 bits per heavy atom. The average Bonchev–Trinajstić information content (AvgIpc) is 3.60. The van der Waals surface area contributed by atoms with Crippen LogP contribution in [0.4, 0.5) is 0 Å². The van der Waals surface area contributed by atoms with E-state index in [4.69, 9.17) is 32.3 Å². The van der Waals surface area contributed by atoms with Gasteiger partial charge in [-0.3, -0.25) is 32.5 Å². The molecule has 0 aromatic carbocycles. The highest BCUT2D eigenvalue weighted by Crippen LogP contribution is 2.45. The van der Waals surface area contributed by atoms with Crippen LogP contribution in [0.15, 0.2) is 122 Å². The number of carbonyl (C=O) groups is 3. The molecule has 0 bridgehead atoms. The summed E-state index contributed by atoms with van der Waals surface area (Å²) in [7, 11) is -9.78. The minimum absolute atomic E-state index is 0.0869. The molecule has 0 saturated carbocycles. The molecule has 486 valence electrons. The van der Waals surface area contributed by atoms with E-state index in [1.165, 1.54) is 12.8 Å². The van der Waals surface area contributed by atoms with Gasteiger partial charge < -0.3 is 34.2 Å². The molecule has 0 aromatic heterocycles. The quantitative estimate of drug-likeness (QED) is 0.0146. The predicted molar refractivity (Wildman–Crippen MR) is 343 cm³/mol. The van der Waals surface area contributed by atoms with Gasteiger partial charge >= 0.3 is 33.6 Å². The molecule has 5 unspecified atom stereocenters. The summed E-state index contributed by atoms with van der Waals surface area (Å²) < 4.78 is 60.6. The Kier molecular flexibility index (Phi) is 57.4. The number of allylic oxidation sites excluding steroid dienone is 20. The van der Waals surface area contributed by atoms with Crippen LogP contribution >= 0.6 is 15.6 Å². The van der Waals surface area contributed by atoms with Crippen molar-refractivity contribution in [3.8, 4) is 0 Å². The van der Waals surface area contributed by atoms with Crippen LogP contribution in [-0.2, 0) is 55.8 Å². The average molecular weight is 1240 g/mol. The summed E-state index contributed by atoms with van der Waals surface area (Å²) in [6.45, 7) is 2.30. The third kappa shape index (κ3) is 61.4. The van der Waals surface area contributed by atoms with Gasteiger partial charge in [0.25, 0.3) is 0 Å². The topological polar surface area (TPSA) is 231 Å². The number of hydrogen-bond donors (Lipinski definition) is 4. The Bertz CT molecular complexity index is 2040. The first kappa shape index (κ1) is 81.0. The molecule has 4 N–H and O–H groups in total. The Hall–Kier alpha value is -4.05. The molecule has 0 aliphatic carbocycles. The predicted octanol–water partition coefficient (Wildman–Crippen LogP) is 17.1. The van der Waals surface area contributed by atoms with E-state index in [1.54, 1.807) is 0 Å². The van der Waals surface area contributed by atoms with Gasteiger partial charge in [0.1, 0.15) is 25.4 Å². The number of aliphatic hydroxyl groups is 2. The summed E-state index contributed by atoms with van der Waals surface area (Å²) in [6.07, 6.45) is 67.0. The fraction of sp³-hybridized carbons (Fsp3) is 0.657. The summed E-state index contributed by atoms with van der Waals surface area (Å²) >= 11 is 0. The smallest absolute Gasteiger partial charge is 0.463 e. The van der Waals surface area contributed by atoms with E-state index in [-0.39, 0.29) is 19.3 Å². The lowest BCUT2D eigenvalue weighted by molar-refractivity contribution is -0.161. The number of carbonyl (C=O) groups excluding carboxylic acids is 3. The molecule has 0 aliphatic heterocycles. The molecular weight excluding hydrogens is 1120 g/mol. The number of ether oxygens (including phenoxy) is 3. The third-order valence-electron chi connectivity index (χ3n) is 12.7. The first-order chi connectivity index (χ1) is 41.2. The van der Waals surface area contributed by atoms with Gasteiger partial charge in [0, 0.05) is 19.3 Å². The van der Waals surface area contributed by atoms with Crippen molar-refractivity contribution in [1.82, 2.24) is 0 Å². The van der Waals surface area contributed by atoms with Crippen molar-refractivity contribution in [3.63, 3.8) is 0 Å². The molecule has 0 fully saturated rings. The molecule has 0 radical (unpaired) electrons. The van der Waals surface area contributed by atoms with Crippen molar-refractivity contribution in [1.29, 1.82) is 0 Å². The lowest BCUT2D eigenvalue weighted by Crippen LogP contribution is -2.30. The lowest BCUT2D eigenvalue weighted by atomic mass is 10.1. The number of phosphoric ester groups is 2. The molecule has 0 saturated heterocycles. The zero-order valence-electron chi connectivity index (χ0n) is 52.2. The first-order valence-electron chi connectivity index (χ1n) is 31.8. The summed E-state index contributed by atoms with van der Waals surface area (Å²) in [5, 5.41) is 20.5. The Balaban J connectivity index is 4.60. The molecule has 85 heavy (non-hydrogen) atoms. The summed E-state index contributed by atoms with van der Waals surface area (Å²) in [5.74, 6) is -1.64. The van der Waals surface area contributed by atoms with Crippen molar-refractivity contribution in [2.45, 2.75) is 245 Å². The SMILES string of the molecule is CC/C=C\C/C=C\C/C=C\C/C=C\C/C=C\C/C=C\CCCCCCC(=O)OCC(O)COP(=O)(O)OCC(O)COP(=O)(O)OCC(COC(=O)CCCCCCC/C=C\C/C=C\C/C=C\CC)OC(=O)CCCCCCC/C=C\CCCC. The molecule has 0 amide bonds. The minimum atomic E-state index is -4.93. The molecular formula is C67H112O16P2. The van der Waals surface area contributed by atoms with E-state index in [1.807, 2.05) is 0 Å². The molecule has 5 atom stereocenters. The molecule has 0 spiro atoms. The maximum atomic E-state index is 12.8. The highest BCUT2D eigenvalue weighted by molar-refractivity contribution is 7.47. The van der Waals surface area contributed by atoms with Crippen LogP contribution in [0, 0.1) is 0 Å². The summed E-state index contributed by atoms with van der Waals surface area (Å²) in [4.78, 5) is 58.1. The third-order valence-corrected chi connectivity index (χ3v) is 14.6. The number of rotatable bonds is 59. The monoisotopic (exact) mass is 1230 g/mol. The van der Waals surface area contributed by atoms with Gasteiger partial charge in [-0.1, -0.05) is 206 Å². The number of phosphoric acid groups is 2. The number of esters is 3. The van der Waals surface area contributed by atoms with Crippen LogP contribution in [0.2, 0.25) is 0 Å². The lowest BCUT2D eigenvalue weighted by Gasteiger charge is -2.21. The Labute approximate surface area is 512 Å². The molecule has 0 aromatic rings. The van der Waals surface area contributed by atoms with E-state index in [9.17, 15) is 43.5 Å². The fourth-order valence-corrected chi connectivity index (χ4v) is 9.39. The van der Waals surface area contributed by atoms with E-state index in [2.05, 4.69) is 142 Å². The van der Waals surface area contributed by atoms with Crippen molar-refractivity contribution in [2.24, 2.45) is 0 Å². The summed E-state index contributed by atoms with van der Waals surface area (Å²) in [5.41, 5.74) is 0. The van der Waals surface area contributed by atoms with Gasteiger partial charge in [-0.25, -0.2) is 9.13 Å². The zero-order chi connectivity index (χ0) is 62.4. The van der Waals surface area contributed by atoms with Gasteiger partial charge in [0.05, 0.1) is 26.4 Å². The van der Waals surface area contributed by atoms with Crippen molar-refractivity contribution < 1.29 is 75.8 Å². The maximum Gasteiger partial charge on any atom is 0.472 e. The molecule has 18 heteroatoms. The van der Waals surface area contributed by atoms with Gasteiger partial charge in [-0.2, -0.15) is 0 Å². The van der Waals surface area contributed by atoms with Crippen LogP contribution in [-0.4, -0.2) is 95.9 Å². The molecule has 0 heterocycles. The van der Waals surface area contributed by atoms with Crippen molar-refractivity contribution >= 4 is 33.6 Å². The molecule has 16 nitrogen and oxygen atoms in total. The van der Waals surface area contributed by atoms with Gasteiger partial charge in [0.2, 0.25) is 0 Å². The van der Waals surface area contributed by atoms with Crippen molar-refractivity contribution in [2.75, 3.05) is 39.6 Å². The zero-order valence-corrected chi connectivity index (χ0v) is 54.0. The Morgan fingerprint density at radius 3 is 1.00 bits per heavy atom. The first-order valence-corrected chi connectivity index (χ1v) is 34.8. The maximum absolute atomic E-state index is 12.8. The van der Waals surface area contributed by atoms with Crippen LogP contribution in [0.3, 0.4) is 0 Å². The minimum Gasteiger partial charge on any atom is -0.463 e. The van der Waals surface area contributed by atoms with E-state index >= 15 is 0 Å². The van der Waals surface area contributed by atoms with E-state index in [0.29, 0.717) is 19.3 Å². The number of unbranched alkanes of at least 4 members (excludes halogenated alkanes) is 16. The second kappa shape index (κ2) is 60.2. The standard InChI is InChI=1S/C67H112O16P2/c1-4-7-10-13-16-19-22-24-26-27-28-29-30-31-32-33-35-37-39-41-44-47-50-53-65(70)77-56-62(68)57-79-84(73,74)80-58-63(69)59-81-85(75,76)82-61-64(83-67(72)55-52-49-46-43-38-21-18-15-12-9-6-3)60-78-66(71)54-51-48-45-42-40-36-34-25-23-20-17-14-11-8-5-2/h7-8,10-11,15-20,24-26,28-29,31-32,34-35,37,62-64,68-69H,4-6,9,12-14,21-23,27,30,33,36,38-61H2,1-3H3,(H,73,74)(H,75,76)/b10-7-,11-8-,18-15-,19-16-,20-17-,26-24-,29-28-,32-31-,34-25-,37-35-. The van der Waals surface area contributed by atoms with E-state index in [0.717, 1.165) is 154 Å². The highest BCUT2D eigenvalue weighted by Gasteiger charge is 2.29. The van der Waals surface area contributed by atoms with Gasteiger partial charge in [-0.15, -0.1) is 0 Å². The second-order valence-corrected chi connectivity index (χ2v) is 23.7. The fourth-order valence-electron chi connectivity index (χ4n) is 7.80. The van der Waals surface area contributed by atoms with E-state index < -0.39 is 91.5 Å². The highest BCUT2D eigenvalue weighted by atomic mass is 31.2. The Morgan fingerprint density at radius 2 is 0.624 bits per heavy atom. The number of hydrogen-bond acceptors (Lipinski definition) is 14. The van der Waals surface area contributed by atoms with Crippen molar-refractivity contribution in [3.05, 3.63) is 122 Å². The molecule has 0 aliphatic rings. The van der Waals surface area contributed by atoms with Crippen LogP contribution in [0.5, 0.6) is 0 Å². The molecule has 0 rings (SSSR count). The number of aliphatic hydroxyl groups excluding tert-OH is 2.